The van der Waals surface area contributed by atoms with E-state index in [4.69, 9.17) is 0 Å². The molecule has 4 fully saturated rings. The summed E-state index contributed by atoms with van der Waals surface area (Å²) in [6, 6.07) is 4.32. The summed E-state index contributed by atoms with van der Waals surface area (Å²) in [6.45, 7) is 6.31. The number of aryl methyl sites for hydroxylation is 3. The van der Waals surface area contributed by atoms with E-state index in [1.165, 1.54) is 36.0 Å². The molecule has 1 amide bonds. The van der Waals surface area contributed by atoms with Crippen LogP contribution in [-0.2, 0) is 4.79 Å². The Morgan fingerprint density at radius 1 is 1.09 bits per heavy atom. The summed E-state index contributed by atoms with van der Waals surface area (Å²) < 4.78 is 0.228. The molecule has 0 aromatic heterocycles. The lowest BCUT2D eigenvalue weighted by Gasteiger charge is -2.59. The van der Waals surface area contributed by atoms with Gasteiger partial charge in [-0.3, -0.25) is 4.79 Å². The second-order valence-corrected chi connectivity index (χ2v) is 10.3. The van der Waals surface area contributed by atoms with E-state index in [0.29, 0.717) is 0 Å². The Bertz CT molecular complexity index is 643. The second-order valence-electron chi connectivity index (χ2n) is 8.62. The molecule has 4 aliphatic carbocycles. The highest BCUT2D eigenvalue weighted by atomic mass is 79.9. The molecule has 2 nitrogen and oxygen atoms in total. The Morgan fingerprint density at radius 2 is 1.65 bits per heavy atom. The molecule has 3 heteroatoms. The number of rotatable bonds is 2. The van der Waals surface area contributed by atoms with Crippen LogP contribution in [0.15, 0.2) is 12.1 Å². The van der Waals surface area contributed by atoms with E-state index in [1.54, 1.807) is 0 Å². The van der Waals surface area contributed by atoms with Crippen LogP contribution in [0.25, 0.3) is 0 Å². The van der Waals surface area contributed by atoms with Gasteiger partial charge in [-0.1, -0.05) is 33.6 Å². The Labute approximate surface area is 147 Å². The summed E-state index contributed by atoms with van der Waals surface area (Å²) in [7, 11) is 0. The standard InChI is InChI=1S/C20H26BrNO/c1-12-4-13(2)17(14(3)5-12)22-18(23)19-7-15-6-16(8-19)10-20(21,9-15)11-19/h4-5,15-16H,6-11H2,1-3H3,(H,22,23). The topological polar surface area (TPSA) is 29.1 Å². The van der Waals surface area contributed by atoms with Crippen molar-refractivity contribution in [1.82, 2.24) is 0 Å². The molecule has 2 unspecified atom stereocenters. The lowest BCUT2D eigenvalue weighted by Crippen LogP contribution is -2.57. The Hall–Kier alpha value is -0.830. The van der Waals surface area contributed by atoms with Crippen molar-refractivity contribution in [3.8, 4) is 0 Å². The molecule has 0 saturated heterocycles. The first-order valence-corrected chi connectivity index (χ1v) is 9.66. The SMILES string of the molecule is Cc1cc(C)c(NC(=O)C23CC4CC(CC(Br)(C4)C2)C3)c(C)c1. The van der Waals surface area contributed by atoms with Crippen molar-refractivity contribution in [3.63, 3.8) is 0 Å². The van der Waals surface area contributed by atoms with Gasteiger partial charge in [-0.2, -0.15) is 0 Å². The number of alkyl halides is 1. The fraction of sp³-hybridized carbons (Fsp3) is 0.650. The number of carbonyl (C=O) groups is 1. The second kappa shape index (κ2) is 5.08. The third-order valence-electron chi connectivity index (χ3n) is 6.39. The van der Waals surface area contributed by atoms with Crippen LogP contribution in [-0.4, -0.2) is 10.2 Å². The molecular weight excluding hydrogens is 350 g/mol. The van der Waals surface area contributed by atoms with Crippen LogP contribution in [0.1, 0.15) is 55.2 Å². The van der Waals surface area contributed by atoms with Gasteiger partial charge >= 0.3 is 0 Å². The molecule has 1 aromatic rings. The van der Waals surface area contributed by atoms with Gasteiger partial charge in [-0.15, -0.1) is 0 Å². The average molecular weight is 376 g/mol. The summed E-state index contributed by atoms with van der Waals surface area (Å²) in [4.78, 5) is 13.3. The van der Waals surface area contributed by atoms with Crippen LogP contribution in [0.2, 0.25) is 0 Å². The zero-order valence-electron chi connectivity index (χ0n) is 14.3. The van der Waals surface area contributed by atoms with Crippen molar-refractivity contribution in [2.24, 2.45) is 17.3 Å². The Kier molecular flexibility index (Phi) is 3.46. The number of hydrogen-bond acceptors (Lipinski definition) is 1. The van der Waals surface area contributed by atoms with Gasteiger partial charge in [0.2, 0.25) is 5.91 Å². The number of halogens is 1. The van der Waals surface area contributed by atoms with Crippen molar-refractivity contribution in [2.45, 2.75) is 63.6 Å². The van der Waals surface area contributed by atoms with E-state index in [9.17, 15) is 4.79 Å². The van der Waals surface area contributed by atoms with Crippen molar-refractivity contribution in [3.05, 3.63) is 28.8 Å². The summed E-state index contributed by atoms with van der Waals surface area (Å²) in [5.41, 5.74) is 4.49. The molecule has 0 radical (unpaired) electrons. The monoisotopic (exact) mass is 375 g/mol. The smallest absolute Gasteiger partial charge is 0.230 e. The van der Waals surface area contributed by atoms with Gasteiger partial charge < -0.3 is 5.32 Å². The van der Waals surface area contributed by atoms with E-state index < -0.39 is 0 Å². The summed E-state index contributed by atoms with van der Waals surface area (Å²) in [5.74, 6) is 1.74. The predicted molar refractivity (Wildman–Crippen MR) is 98.1 cm³/mol. The van der Waals surface area contributed by atoms with Crippen LogP contribution in [0.4, 0.5) is 5.69 Å². The fourth-order valence-electron chi connectivity index (χ4n) is 6.04. The van der Waals surface area contributed by atoms with E-state index in [-0.39, 0.29) is 15.6 Å². The molecule has 1 aromatic carbocycles. The Morgan fingerprint density at radius 3 is 2.17 bits per heavy atom. The maximum atomic E-state index is 13.3. The highest BCUT2D eigenvalue weighted by Gasteiger charge is 2.59. The first kappa shape index (κ1) is 15.7. The highest BCUT2D eigenvalue weighted by molar-refractivity contribution is 9.10. The van der Waals surface area contributed by atoms with Crippen molar-refractivity contribution in [1.29, 1.82) is 0 Å². The quantitative estimate of drug-likeness (QED) is 0.699. The minimum absolute atomic E-state index is 0.142. The van der Waals surface area contributed by atoms with Crippen LogP contribution in [0, 0.1) is 38.0 Å². The van der Waals surface area contributed by atoms with Gasteiger partial charge in [0.05, 0.1) is 5.41 Å². The molecule has 0 heterocycles. The zero-order valence-corrected chi connectivity index (χ0v) is 15.9. The van der Waals surface area contributed by atoms with Crippen molar-refractivity contribution in [2.75, 3.05) is 5.32 Å². The molecule has 1 N–H and O–H groups in total. The fourth-order valence-corrected chi connectivity index (χ4v) is 7.49. The first-order chi connectivity index (χ1) is 10.8. The van der Waals surface area contributed by atoms with E-state index in [0.717, 1.165) is 36.8 Å². The molecule has 23 heavy (non-hydrogen) atoms. The third-order valence-corrected chi connectivity index (χ3v) is 7.31. The van der Waals surface area contributed by atoms with Crippen LogP contribution in [0.3, 0.4) is 0 Å². The molecule has 0 spiro atoms. The van der Waals surface area contributed by atoms with Gasteiger partial charge in [-0.05, 0) is 82.3 Å². The summed E-state index contributed by atoms with van der Waals surface area (Å²) in [5, 5.41) is 3.32. The molecule has 2 atom stereocenters. The molecule has 124 valence electrons. The van der Waals surface area contributed by atoms with Gasteiger partial charge in [-0.25, -0.2) is 0 Å². The van der Waals surface area contributed by atoms with Crippen LogP contribution in [0.5, 0.6) is 0 Å². The van der Waals surface area contributed by atoms with Gasteiger partial charge in [0.15, 0.2) is 0 Å². The number of amides is 1. The number of benzene rings is 1. The number of nitrogens with one attached hydrogen (secondary N) is 1. The lowest BCUT2D eigenvalue weighted by atomic mass is 9.49. The normalized spacial score (nSPS) is 37.9. The van der Waals surface area contributed by atoms with Crippen LogP contribution >= 0.6 is 15.9 Å². The molecule has 4 bridgehead atoms. The number of carbonyl (C=O) groups excluding carboxylic acids is 1. The highest BCUT2D eigenvalue weighted by Crippen LogP contribution is 2.64. The largest absolute Gasteiger partial charge is 0.325 e. The predicted octanol–water partition coefficient (Wildman–Crippen LogP) is 5.28. The minimum Gasteiger partial charge on any atom is -0.325 e. The molecular formula is C20H26BrNO. The van der Waals surface area contributed by atoms with Gasteiger partial charge in [0.1, 0.15) is 0 Å². The first-order valence-electron chi connectivity index (χ1n) is 8.87. The van der Waals surface area contributed by atoms with Crippen molar-refractivity contribution < 1.29 is 4.79 Å². The number of anilines is 1. The average Bonchev–Trinajstić information content (AvgIpc) is 2.39. The lowest BCUT2D eigenvalue weighted by molar-refractivity contribution is -0.138. The van der Waals surface area contributed by atoms with E-state index in [2.05, 4.69) is 54.2 Å². The van der Waals surface area contributed by atoms with E-state index >= 15 is 0 Å². The maximum Gasteiger partial charge on any atom is 0.230 e. The Balaban J connectivity index is 1.63. The molecule has 4 saturated carbocycles. The maximum absolute atomic E-state index is 13.3. The van der Waals surface area contributed by atoms with Crippen LogP contribution < -0.4 is 5.32 Å². The molecule has 4 aliphatic rings. The summed E-state index contributed by atoms with van der Waals surface area (Å²) >= 11 is 4.00. The summed E-state index contributed by atoms with van der Waals surface area (Å²) in [6.07, 6.45) is 7.06. The van der Waals surface area contributed by atoms with E-state index in [1.807, 2.05) is 0 Å². The zero-order chi connectivity index (χ0) is 16.4. The molecule has 5 rings (SSSR count). The molecule has 0 aliphatic heterocycles. The minimum atomic E-state index is -0.142. The third kappa shape index (κ3) is 2.56. The van der Waals surface area contributed by atoms with Crippen molar-refractivity contribution >= 4 is 27.5 Å². The van der Waals surface area contributed by atoms with Gasteiger partial charge in [0.25, 0.3) is 0 Å². The number of hydrogen-bond donors (Lipinski definition) is 1. The van der Waals surface area contributed by atoms with Gasteiger partial charge in [0, 0.05) is 10.0 Å².